The van der Waals surface area contributed by atoms with Crippen molar-refractivity contribution in [3.05, 3.63) is 55.1 Å². The Kier molecular flexibility index (Phi) is 7.21. The summed E-state index contributed by atoms with van der Waals surface area (Å²) < 4.78 is 7.39. The lowest BCUT2D eigenvalue weighted by molar-refractivity contribution is 0.0977. The highest BCUT2D eigenvalue weighted by Crippen LogP contribution is 2.26. The van der Waals surface area contributed by atoms with Crippen molar-refractivity contribution in [1.29, 1.82) is 0 Å². The topological polar surface area (TPSA) is 50.4 Å². The van der Waals surface area contributed by atoms with E-state index in [9.17, 15) is 4.79 Å². The first-order valence-electron chi connectivity index (χ1n) is 7.63. The van der Waals surface area contributed by atoms with Gasteiger partial charge in [0.1, 0.15) is 5.75 Å². The second kappa shape index (κ2) is 8.95. The predicted molar refractivity (Wildman–Crippen MR) is 118 cm³/mol. The molecule has 2 aromatic rings. The fourth-order valence-corrected chi connectivity index (χ4v) is 3.29. The van der Waals surface area contributed by atoms with Crippen LogP contribution in [0.15, 0.2) is 34.8 Å². The number of rotatable bonds is 4. The van der Waals surface area contributed by atoms with Crippen molar-refractivity contribution in [2.75, 3.05) is 11.9 Å². The number of ether oxygens (including phenoxy) is 1. The molecule has 0 spiro atoms. The van der Waals surface area contributed by atoms with Crippen molar-refractivity contribution in [3.8, 4) is 5.75 Å². The number of anilines is 1. The van der Waals surface area contributed by atoms with E-state index in [1.54, 1.807) is 18.2 Å². The van der Waals surface area contributed by atoms with Crippen LogP contribution in [0.1, 0.15) is 28.4 Å². The van der Waals surface area contributed by atoms with Gasteiger partial charge in [-0.05, 0) is 113 Å². The molecule has 0 atom stereocenters. The lowest BCUT2D eigenvalue weighted by atomic mass is 10.1. The molecule has 2 aromatic carbocycles. The first-order valence-corrected chi connectivity index (χ1v) is 9.91. The van der Waals surface area contributed by atoms with Crippen LogP contribution in [0.2, 0.25) is 0 Å². The molecule has 0 unspecified atom stereocenters. The summed E-state index contributed by atoms with van der Waals surface area (Å²) in [6.45, 7) is 6.55. The molecule has 0 fully saturated rings. The van der Waals surface area contributed by atoms with Crippen LogP contribution in [-0.2, 0) is 0 Å². The number of aryl methyl sites for hydroxylation is 2. The summed E-state index contributed by atoms with van der Waals surface area (Å²) >= 11 is 11.0. The highest BCUT2D eigenvalue weighted by molar-refractivity contribution is 14.1. The SMILES string of the molecule is CCOc1ccc(C(=O)NC(=S)Nc2cc(C)c(I)c(C)c2)cc1Br. The third-order valence-electron chi connectivity index (χ3n) is 3.42. The summed E-state index contributed by atoms with van der Waals surface area (Å²) in [4.78, 5) is 12.4. The number of benzene rings is 2. The van der Waals surface area contributed by atoms with Gasteiger partial charge in [-0.2, -0.15) is 0 Å². The summed E-state index contributed by atoms with van der Waals surface area (Å²) in [7, 11) is 0. The molecule has 1 amide bonds. The first-order chi connectivity index (χ1) is 11.8. The monoisotopic (exact) mass is 532 g/mol. The average Bonchev–Trinajstić information content (AvgIpc) is 2.54. The Balaban J connectivity index is 2.05. The zero-order valence-electron chi connectivity index (χ0n) is 14.1. The van der Waals surface area contributed by atoms with Gasteiger partial charge < -0.3 is 10.1 Å². The Morgan fingerprint density at radius 2 is 1.88 bits per heavy atom. The lowest BCUT2D eigenvalue weighted by Crippen LogP contribution is -2.34. The number of carbonyl (C=O) groups excluding carboxylic acids is 1. The number of carbonyl (C=O) groups is 1. The minimum atomic E-state index is -0.278. The van der Waals surface area contributed by atoms with E-state index in [0.717, 1.165) is 21.3 Å². The van der Waals surface area contributed by atoms with E-state index in [-0.39, 0.29) is 11.0 Å². The smallest absolute Gasteiger partial charge is 0.257 e. The second-order valence-electron chi connectivity index (χ2n) is 5.41. The summed E-state index contributed by atoms with van der Waals surface area (Å²) in [5.41, 5.74) is 3.67. The molecule has 2 rings (SSSR count). The van der Waals surface area contributed by atoms with Crippen molar-refractivity contribution in [1.82, 2.24) is 5.32 Å². The van der Waals surface area contributed by atoms with Crippen LogP contribution < -0.4 is 15.4 Å². The second-order valence-corrected chi connectivity index (χ2v) is 7.75. The molecule has 4 nitrogen and oxygen atoms in total. The van der Waals surface area contributed by atoms with Crippen LogP contribution in [0, 0.1) is 17.4 Å². The van der Waals surface area contributed by atoms with Gasteiger partial charge in [0.15, 0.2) is 5.11 Å². The summed E-state index contributed by atoms with van der Waals surface area (Å²) in [6, 6.07) is 9.17. The Hall–Kier alpha value is -1.19. The van der Waals surface area contributed by atoms with Crippen molar-refractivity contribution in [2.24, 2.45) is 0 Å². The third kappa shape index (κ3) is 5.39. The van der Waals surface area contributed by atoms with Gasteiger partial charge in [-0.3, -0.25) is 10.1 Å². The van der Waals surface area contributed by atoms with Gasteiger partial charge in [0.2, 0.25) is 0 Å². The largest absolute Gasteiger partial charge is 0.493 e. The Bertz CT molecular complexity index is 804. The first kappa shape index (κ1) is 20.1. The zero-order chi connectivity index (χ0) is 18.6. The number of hydrogen-bond donors (Lipinski definition) is 2. The van der Waals surface area contributed by atoms with E-state index in [1.165, 1.54) is 3.57 Å². The minimum Gasteiger partial charge on any atom is -0.493 e. The van der Waals surface area contributed by atoms with Crippen LogP contribution in [0.25, 0.3) is 0 Å². The highest BCUT2D eigenvalue weighted by Gasteiger charge is 2.11. The van der Waals surface area contributed by atoms with Crippen LogP contribution >= 0.6 is 50.7 Å². The molecular weight excluding hydrogens is 515 g/mol. The molecule has 25 heavy (non-hydrogen) atoms. The molecule has 0 bridgehead atoms. The van der Waals surface area contributed by atoms with Crippen LogP contribution in [0.4, 0.5) is 5.69 Å². The Labute approximate surface area is 175 Å². The minimum absolute atomic E-state index is 0.259. The Morgan fingerprint density at radius 3 is 2.44 bits per heavy atom. The number of amides is 1. The van der Waals surface area contributed by atoms with E-state index in [4.69, 9.17) is 17.0 Å². The summed E-state index contributed by atoms with van der Waals surface area (Å²) in [6.07, 6.45) is 0. The molecule has 0 saturated heterocycles. The maximum atomic E-state index is 12.4. The number of hydrogen-bond acceptors (Lipinski definition) is 3. The van der Waals surface area contributed by atoms with Crippen LogP contribution in [-0.4, -0.2) is 17.6 Å². The van der Waals surface area contributed by atoms with Crippen molar-refractivity contribution in [2.45, 2.75) is 20.8 Å². The van der Waals surface area contributed by atoms with Gasteiger partial charge in [0, 0.05) is 14.8 Å². The quantitative estimate of drug-likeness (QED) is 0.420. The van der Waals surface area contributed by atoms with Gasteiger partial charge in [0.05, 0.1) is 11.1 Å². The molecular formula is C18H18BrIN2O2S. The van der Waals surface area contributed by atoms with Crippen molar-refractivity contribution < 1.29 is 9.53 Å². The van der Waals surface area contributed by atoms with Crippen molar-refractivity contribution in [3.63, 3.8) is 0 Å². The average molecular weight is 533 g/mol. The molecule has 0 aliphatic heterocycles. The van der Waals surface area contributed by atoms with E-state index >= 15 is 0 Å². The van der Waals surface area contributed by atoms with Crippen molar-refractivity contribution >= 4 is 67.4 Å². The molecule has 0 aromatic heterocycles. The molecule has 0 aliphatic carbocycles. The lowest BCUT2D eigenvalue weighted by Gasteiger charge is -2.13. The predicted octanol–water partition coefficient (Wildman–Crippen LogP) is 5.20. The molecule has 2 N–H and O–H groups in total. The van der Waals surface area contributed by atoms with Gasteiger partial charge in [-0.1, -0.05) is 0 Å². The molecule has 0 radical (unpaired) electrons. The van der Waals surface area contributed by atoms with Gasteiger partial charge in [-0.15, -0.1) is 0 Å². The van der Waals surface area contributed by atoms with Crippen LogP contribution in [0.3, 0.4) is 0 Å². The van der Waals surface area contributed by atoms with E-state index in [2.05, 4.69) is 49.2 Å². The standard InChI is InChI=1S/C18H18BrIN2O2S/c1-4-24-15-6-5-12(9-14(15)19)17(23)22-18(25)21-13-7-10(2)16(20)11(3)8-13/h5-9H,4H2,1-3H3,(H2,21,22,23,25). The highest BCUT2D eigenvalue weighted by atomic mass is 127. The zero-order valence-corrected chi connectivity index (χ0v) is 18.6. The normalized spacial score (nSPS) is 10.3. The fourth-order valence-electron chi connectivity index (χ4n) is 2.27. The molecule has 0 saturated carbocycles. The number of thiocarbonyl (C=S) groups is 1. The molecule has 7 heteroatoms. The molecule has 0 aliphatic rings. The van der Waals surface area contributed by atoms with E-state index in [0.29, 0.717) is 17.9 Å². The van der Waals surface area contributed by atoms with Gasteiger partial charge >= 0.3 is 0 Å². The Morgan fingerprint density at radius 1 is 1.24 bits per heavy atom. The van der Waals surface area contributed by atoms with Crippen LogP contribution in [0.5, 0.6) is 5.75 Å². The summed E-state index contributed by atoms with van der Waals surface area (Å²) in [5, 5.41) is 6.01. The number of nitrogens with one attached hydrogen (secondary N) is 2. The summed E-state index contributed by atoms with van der Waals surface area (Å²) in [5.74, 6) is 0.421. The maximum absolute atomic E-state index is 12.4. The third-order valence-corrected chi connectivity index (χ3v) is 5.94. The fraction of sp³-hybridized carbons (Fsp3) is 0.222. The molecule has 132 valence electrons. The maximum Gasteiger partial charge on any atom is 0.257 e. The number of halogens is 2. The van der Waals surface area contributed by atoms with Gasteiger partial charge in [0.25, 0.3) is 5.91 Å². The molecule has 0 heterocycles. The van der Waals surface area contributed by atoms with E-state index < -0.39 is 0 Å². The van der Waals surface area contributed by atoms with E-state index in [1.807, 2.05) is 32.9 Å². The van der Waals surface area contributed by atoms with Gasteiger partial charge in [-0.25, -0.2) is 0 Å².